The van der Waals surface area contributed by atoms with Gasteiger partial charge in [-0.1, -0.05) is 24.2 Å². The average Bonchev–Trinajstić information content (AvgIpc) is 3.08. The van der Waals surface area contributed by atoms with E-state index in [9.17, 15) is 4.39 Å². The summed E-state index contributed by atoms with van der Waals surface area (Å²) in [6.07, 6.45) is 1.84. The quantitative estimate of drug-likeness (QED) is 0.867. The second-order valence-electron chi connectivity index (χ2n) is 5.72. The van der Waals surface area contributed by atoms with Gasteiger partial charge in [0.25, 0.3) is 0 Å². The van der Waals surface area contributed by atoms with Crippen LogP contribution in [-0.4, -0.2) is 27.6 Å². The molecular formula is C16H20FN3O. The van der Waals surface area contributed by atoms with Crippen molar-refractivity contribution in [3.63, 3.8) is 0 Å². The van der Waals surface area contributed by atoms with Crippen molar-refractivity contribution < 1.29 is 8.91 Å². The maximum atomic E-state index is 13.0. The van der Waals surface area contributed by atoms with Crippen molar-refractivity contribution in [3.8, 4) is 0 Å². The van der Waals surface area contributed by atoms with Gasteiger partial charge >= 0.3 is 0 Å². The standard InChI is InChI=1S/C16H20FN3O/c1-3-16-18-15(19-21-16)10-20-9-13(8-11(20)2)12-4-6-14(17)7-5-12/h4-7,11,13H,3,8-10H2,1-2H3/t11-,13+/m1/s1. The third-order valence-corrected chi connectivity index (χ3v) is 4.20. The number of aryl methyl sites for hydroxylation is 1. The van der Waals surface area contributed by atoms with E-state index in [1.54, 1.807) is 0 Å². The minimum absolute atomic E-state index is 0.180. The fourth-order valence-corrected chi connectivity index (χ4v) is 2.97. The number of aromatic nitrogens is 2. The average molecular weight is 289 g/mol. The molecule has 0 spiro atoms. The molecule has 1 fully saturated rings. The highest BCUT2D eigenvalue weighted by molar-refractivity contribution is 5.22. The molecule has 0 radical (unpaired) electrons. The van der Waals surface area contributed by atoms with Crippen LogP contribution in [0.2, 0.25) is 0 Å². The first-order valence-electron chi connectivity index (χ1n) is 7.46. The minimum atomic E-state index is -0.180. The van der Waals surface area contributed by atoms with E-state index in [-0.39, 0.29) is 5.82 Å². The van der Waals surface area contributed by atoms with Gasteiger partial charge in [0.15, 0.2) is 5.82 Å². The summed E-state index contributed by atoms with van der Waals surface area (Å²) in [6.45, 7) is 5.87. The molecule has 1 aliphatic rings. The van der Waals surface area contributed by atoms with Gasteiger partial charge < -0.3 is 4.52 Å². The Balaban J connectivity index is 1.66. The lowest BCUT2D eigenvalue weighted by Crippen LogP contribution is -2.27. The summed E-state index contributed by atoms with van der Waals surface area (Å²) in [7, 11) is 0. The Bertz CT molecular complexity index is 596. The van der Waals surface area contributed by atoms with Crippen molar-refractivity contribution in [2.45, 2.75) is 45.2 Å². The van der Waals surface area contributed by atoms with E-state index in [4.69, 9.17) is 4.52 Å². The normalized spacial score (nSPS) is 22.8. The van der Waals surface area contributed by atoms with Crippen molar-refractivity contribution in [2.75, 3.05) is 6.54 Å². The number of nitrogens with zero attached hydrogens (tertiary/aromatic N) is 3. The number of hydrogen-bond donors (Lipinski definition) is 0. The van der Waals surface area contributed by atoms with Gasteiger partial charge in [-0.05, 0) is 37.0 Å². The Morgan fingerprint density at radius 1 is 1.33 bits per heavy atom. The van der Waals surface area contributed by atoms with Gasteiger partial charge in [0.1, 0.15) is 5.82 Å². The van der Waals surface area contributed by atoms with Crippen LogP contribution in [0.25, 0.3) is 0 Å². The van der Waals surface area contributed by atoms with E-state index >= 15 is 0 Å². The fourth-order valence-electron chi connectivity index (χ4n) is 2.97. The molecular weight excluding hydrogens is 269 g/mol. The largest absolute Gasteiger partial charge is 0.339 e. The van der Waals surface area contributed by atoms with Crippen LogP contribution in [0.5, 0.6) is 0 Å². The summed E-state index contributed by atoms with van der Waals surface area (Å²) in [5.41, 5.74) is 1.20. The molecule has 0 saturated carbocycles. The SMILES string of the molecule is CCc1nc(CN2C[C@@H](c3ccc(F)cc3)C[C@H]2C)no1. The number of hydrogen-bond acceptors (Lipinski definition) is 4. The van der Waals surface area contributed by atoms with Gasteiger partial charge in [0.2, 0.25) is 5.89 Å². The van der Waals surface area contributed by atoms with Crippen LogP contribution in [-0.2, 0) is 13.0 Å². The molecule has 112 valence electrons. The van der Waals surface area contributed by atoms with Crippen molar-refractivity contribution in [1.29, 1.82) is 0 Å². The van der Waals surface area contributed by atoms with E-state index in [2.05, 4.69) is 22.0 Å². The third-order valence-electron chi connectivity index (χ3n) is 4.20. The highest BCUT2D eigenvalue weighted by atomic mass is 19.1. The number of benzene rings is 1. The second kappa shape index (κ2) is 5.93. The maximum Gasteiger partial charge on any atom is 0.226 e. The highest BCUT2D eigenvalue weighted by Gasteiger charge is 2.30. The van der Waals surface area contributed by atoms with E-state index in [0.29, 0.717) is 24.4 Å². The van der Waals surface area contributed by atoms with E-state index in [0.717, 1.165) is 25.2 Å². The van der Waals surface area contributed by atoms with Gasteiger partial charge in [-0.2, -0.15) is 4.98 Å². The van der Waals surface area contributed by atoms with Crippen LogP contribution in [0.4, 0.5) is 4.39 Å². The first kappa shape index (κ1) is 14.2. The molecule has 0 amide bonds. The molecule has 2 aromatic rings. The summed E-state index contributed by atoms with van der Waals surface area (Å²) in [4.78, 5) is 6.73. The van der Waals surface area contributed by atoms with Gasteiger partial charge in [-0.15, -0.1) is 0 Å². The molecule has 0 N–H and O–H groups in total. The first-order chi connectivity index (χ1) is 10.2. The molecule has 0 unspecified atom stereocenters. The second-order valence-corrected chi connectivity index (χ2v) is 5.72. The van der Waals surface area contributed by atoms with Crippen LogP contribution in [0, 0.1) is 5.82 Å². The van der Waals surface area contributed by atoms with Crippen LogP contribution >= 0.6 is 0 Å². The molecule has 0 bridgehead atoms. The smallest absolute Gasteiger partial charge is 0.226 e. The Labute approximate surface area is 124 Å². The van der Waals surface area contributed by atoms with Crippen molar-refractivity contribution in [2.24, 2.45) is 0 Å². The summed E-state index contributed by atoms with van der Waals surface area (Å²) in [5.74, 6) is 1.70. The lowest BCUT2D eigenvalue weighted by Gasteiger charge is -2.18. The summed E-state index contributed by atoms with van der Waals surface area (Å²) >= 11 is 0. The Kier molecular flexibility index (Phi) is 4.01. The minimum Gasteiger partial charge on any atom is -0.339 e. The third kappa shape index (κ3) is 3.13. The molecule has 1 saturated heterocycles. The van der Waals surface area contributed by atoms with Crippen LogP contribution in [0.15, 0.2) is 28.8 Å². The van der Waals surface area contributed by atoms with Crippen molar-refractivity contribution in [3.05, 3.63) is 47.4 Å². The Morgan fingerprint density at radius 3 is 2.76 bits per heavy atom. The first-order valence-corrected chi connectivity index (χ1v) is 7.46. The van der Waals surface area contributed by atoms with Gasteiger partial charge in [0, 0.05) is 19.0 Å². The van der Waals surface area contributed by atoms with Crippen molar-refractivity contribution in [1.82, 2.24) is 15.0 Å². The van der Waals surface area contributed by atoms with Gasteiger partial charge in [-0.3, -0.25) is 4.90 Å². The molecule has 1 aromatic carbocycles. The predicted molar refractivity (Wildman–Crippen MR) is 77.3 cm³/mol. The van der Waals surface area contributed by atoms with E-state index in [1.165, 1.54) is 17.7 Å². The van der Waals surface area contributed by atoms with Gasteiger partial charge in [0.05, 0.1) is 6.54 Å². The summed E-state index contributed by atoms with van der Waals surface area (Å²) < 4.78 is 18.2. The molecule has 2 heterocycles. The molecule has 21 heavy (non-hydrogen) atoms. The zero-order valence-corrected chi connectivity index (χ0v) is 12.4. The van der Waals surface area contributed by atoms with E-state index in [1.807, 2.05) is 19.1 Å². The van der Waals surface area contributed by atoms with E-state index < -0.39 is 0 Å². The zero-order chi connectivity index (χ0) is 14.8. The lowest BCUT2D eigenvalue weighted by atomic mass is 9.97. The zero-order valence-electron chi connectivity index (χ0n) is 12.4. The highest BCUT2D eigenvalue weighted by Crippen LogP contribution is 2.32. The molecule has 5 heteroatoms. The maximum absolute atomic E-state index is 13.0. The Hall–Kier alpha value is -1.75. The summed E-state index contributed by atoms with van der Waals surface area (Å²) in [6, 6.07) is 7.31. The summed E-state index contributed by atoms with van der Waals surface area (Å²) in [5, 5.41) is 4.02. The molecule has 3 rings (SSSR count). The fraction of sp³-hybridized carbons (Fsp3) is 0.500. The molecule has 0 aliphatic carbocycles. The topological polar surface area (TPSA) is 42.2 Å². The predicted octanol–water partition coefficient (Wildman–Crippen LogP) is 3.15. The molecule has 1 aromatic heterocycles. The van der Waals surface area contributed by atoms with Gasteiger partial charge in [-0.25, -0.2) is 4.39 Å². The van der Waals surface area contributed by atoms with Crippen LogP contribution in [0.3, 0.4) is 0 Å². The molecule has 4 nitrogen and oxygen atoms in total. The number of halogens is 1. The van der Waals surface area contributed by atoms with Crippen LogP contribution < -0.4 is 0 Å². The Morgan fingerprint density at radius 2 is 2.10 bits per heavy atom. The molecule has 1 aliphatic heterocycles. The molecule has 2 atom stereocenters. The lowest BCUT2D eigenvalue weighted by molar-refractivity contribution is 0.247. The van der Waals surface area contributed by atoms with Crippen LogP contribution in [0.1, 0.15) is 43.5 Å². The monoisotopic (exact) mass is 289 g/mol. The number of likely N-dealkylation sites (tertiary alicyclic amines) is 1. The van der Waals surface area contributed by atoms with Crippen molar-refractivity contribution >= 4 is 0 Å². The number of rotatable bonds is 4.